The molecule has 4 rings (SSSR count). The maximum Gasteiger partial charge on any atom is 0.261 e. The third-order valence-electron chi connectivity index (χ3n) is 3.90. The number of halogens is 1. The van der Waals surface area contributed by atoms with Gasteiger partial charge in [0, 0.05) is 10.6 Å². The van der Waals surface area contributed by atoms with Crippen LogP contribution < -0.4 is 10.3 Å². The van der Waals surface area contributed by atoms with Gasteiger partial charge in [-0.05, 0) is 42.5 Å². The number of nitrogens with zero attached hydrogens (tertiary/aromatic N) is 4. The van der Waals surface area contributed by atoms with Gasteiger partial charge >= 0.3 is 0 Å². The first-order chi connectivity index (χ1) is 12.6. The monoisotopic (exact) mass is 368 g/mol. The summed E-state index contributed by atoms with van der Waals surface area (Å²) in [5, 5.41) is 4.86. The van der Waals surface area contributed by atoms with E-state index >= 15 is 0 Å². The minimum atomic E-state index is -0.215. The van der Waals surface area contributed by atoms with Gasteiger partial charge < -0.3 is 9.26 Å². The topological polar surface area (TPSA) is 83.0 Å². The van der Waals surface area contributed by atoms with Crippen LogP contribution in [0.5, 0.6) is 5.75 Å². The molecular formula is C18H13ClN4O3. The smallest absolute Gasteiger partial charge is 0.261 e. The molecule has 0 aliphatic carbocycles. The van der Waals surface area contributed by atoms with Gasteiger partial charge in [0.25, 0.3) is 11.4 Å². The number of rotatable bonds is 4. The van der Waals surface area contributed by atoms with Crippen LogP contribution in [0.15, 0.2) is 58.1 Å². The van der Waals surface area contributed by atoms with Gasteiger partial charge in [0.05, 0.1) is 30.9 Å². The minimum Gasteiger partial charge on any atom is -0.497 e. The Labute approximate surface area is 152 Å². The van der Waals surface area contributed by atoms with E-state index in [-0.39, 0.29) is 12.1 Å². The van der Waals surface area contributed by atoms with Crippen LogP contribution in [0.4, 0.5) is 0 Å². The zero-order valence-corrected chi connectivity index (χ0v) is 14.5. The molecule has 0 unspecified atom stereocenters. The molecule has 0 aliphatic rings. The summed E-state index contributed by atoms with van der Waals surface area (Å²) in [5.74, 6) is 1.48. The van der Waals surface area contributed by atoms with Crippen LogP contribution in [0.3, 0.4) is 0 Å². The first-order valence-corrected chi connectivity index (χ1v) is 8.13. The second-order valence-corrected chi connectivity index (χ2v) is 6.02. The maximum atomic E-state index is 12.6. The third-order valence-corrected chi connectivity index (χ3v) is 4.14. The van der Waals surface area contributed by atoms with Crippen LogP contribution in [-0.4, -0.2) is 26.8 Å². The van der Waals surface area contributed by atoms with Crippen LogP contribution in [0, 0.1) is 0 Å². The van der Waals surface area contributed by atoms with E-state index in [4.69, 9.17) is 20.9 Å². The standard InChI is InChI=1S/C18H13ClN4O3/c1-25-13-5-2-11(3-6-13)17-21-16(22-26-17)9-23-10-20-15-7-4-12(19)8-14(15)18(23)24/h2-8,10H,9H2,1H3. The van der Waals surface area contributed by atoms with Crippen molar-refractivity contribution in [2.75, 3.05) is 7.11 Å². The van der Waals surface area contributed by atoms with Gasteiger partial charge in [-0.2, -0.15) is 4.98 Å². The molecule has 4 aromatic rings. The van der Waals surface area contributed by atoms with Crippen molar-refractivity contribution >= 4 is 22.5 Å². The van der Waals surface area contributed by atoms with E-state index in [2.05, 4.69) is 15.1 Å². The van der Waals surface area contributed by atoms with E-state index < -0.39 is 0 Å². The largest absolute Gasteiger partial charge is 0.497 e. The van der Waals surface area contributed by atoms with Crippen molar-refractivity contribution in [2.24, 2.45) is 0 Å². The predicted octanol–water partition coefficient (Wildman–Crippen LogP) is 3.16. The number of hydrogen-bond acceptors (Lipinski definition) is 6. The van der Waals surface area contributed by atoms with Crippen molar-refractivity contribution in [1.82, 2.24) is 19.7 Å². The fraction of sp³-hybridized carbons (Fsp3) is 0.111. The molecule has 26 heavy (non-hydrogen) atoms. The molecule has 8 heteroatoms. The predicted molar refractivity (Wildman–Crippen MR) is 96.4 cm³/mol. The Kier molecular flexibility index (Phi) is 4.14. The van der Waals surface area contributed by atoms with E-state index in [9.17, 15) is 4.79 Å². The number of methoxy groups -OCH3 is 1. The molecule has 0 N–H and O–H groups in total. The molecule has 0 radical (unpaired) electrons. The second-order valence-electron chi connectivity index (χ2n) is 5.58. The molecule has 0 bridgehead atoms. The van der Waals surface area contributed by atoms with Crippen LogP contribution in [0.2, 0.25) is 5.02 Å². The average molecular weight is 369 g/mol. The fourth-order valence-electron chi connectivity index (χ4n) is 2.57. The molecule has 0 atom stereocenters. The average Bonchev–Trinajstić information content (AvgIpc) is 3.13. The lowest BCUT2D eigenvalue weighted by Crippen LogP contribution is -2.21. The highest BCUT2D eigenvalue weighted by Gasteiger charge is 2.12. The molecule has 0 saturated heterocycles. The van der Waals surface area contributed by atoms with E-state index in [1.165, 1.54) is 10.9 Å². The summed E-state index contributed by atoms with van der Waals surface area (Å²) < 4.78 is 11.8. The van der Waals surface area contributed by atoms with Crippen LogP contribution in [0.25, 0.3) is 22.4 Å². The molecule has 0 saturated carbocycles. The molecular weight excluding hydrogens is 356 g/mol. The summed E-state index contributed by atoms with van der Waals surface area (Å²) in [7, 11) is 1.60. The van der Waals surface area contributed by atoms with Gasteiger partial charge in [-0.25, -0.2) is 4.98 Å². The van der Waals surface area contributed by atoms with Gasteiger partial charge in [0.1, 0.15) is 5.75 Å². The molecule has 0 fully saturated rings. The van der Waals surface area contributed by atoms with Gasteiger partial charge in [-0.15, -0.1) is 0 Å². The Morgan fingerprint density at radius 3 is 2.77 bits per heavy atom. The van der Waals surface area contributed by atoms with Crippen LogP contribution in [-0.2, 0) is 6.54 Å². The van der Waals surface area contributed by atoms with E-state index in [1.807, 2.05) is 12.1 Å². The maximum absolute atomic E-state index is 12.6. The van der Waals surface area contributed by atoms with Crippen LogP contribution >= 0.6 is 11.6 Å². The zero-order valence-electron chi connectivity index (χ0n) is 13.7. The Balaban J connectivity index is 1.64. The molecule has 7 nitrogen and oxygen atoms in total. The van der Waals surface area contributed by atoms with E-state index in [0.29, 0.717) is 27.6 Å². The summed E-state index contributed by atoms with van der Waals surface area (Å²) >= 11 is 5.97. The lowest BCUT2D eigenvalue weighted by atomic mass is 10.2. The molecule has 0 spiro atoms. The third kappa shape index (κ3) is 3.04. The van der Waals surface area contributed by atoms with Crippen molar-refractivity contribution in [3.63, 3.8) is 0 Å². The lowest BCUT2D eigenvalue weighted by Gasteiger charge is -2.04. The highest BCUT2D eigenvalue weighted by atomic mass is 35.5. The molecule has 0 aliphatic heterocycles. The summed E-state index contributed by atoms with van der Waals surface area (Å²) in [6.45, 7) is 0.147. The number of aromatic nitrogens is 4. The van der Waals surface area contributed by atoms with Gasteiger partial charge in [0.2, 0.25) is 0 Å². The Morgan fingerprint density at radius 1 is 1.19 bits per heavy atom. The van der Waals surface area contributed by atoms with E-state index in [0.717, 1.165) is 11.3 Å². The van der Waals surface area contributed by atoms with Crippen molar-refractivity contribution in [1.29, 1.82) is 0 Å². The Bertz CT molecular complexity index is 1140. The normalized spacial score (nSPS) is 11.0. The highest BCUT2D eigenvalue weighted by Crippen LogP contribution is 2.21. The van der Waals surface area contributed by atoms with Crippen molar-refractivity contribution in [3.8, 4) is 17.2 Å². The highest BCUT2D eigenvalue weighted by molar-refractivity contribution is 6.31. The molecule has 2 aromatic heterocycles. The minimum absolute atomic E-state index is 0.147. The Hall–Kier alpha value is -3.19. The lowest BCUT2D eigenvalue weighted by molar-refractivity contribution is 0.413. The summed E-state index contributed by atoms with van der Waals surface area (Å²) in [6, 6.07) is 12.3. The van der Waals surface area contributed by atoms with Gasteiger partial charge in [-0.1, -0.05) is 16.8 Å². The number of hydrogen-bond donors (Lipinski definition) is 0. The first-order valence-electron chi connectivity index (χ1n) is 7.76. The molecule has 2 aromatic carbocycles. The van der Waals surface area contributed by atoms with Crippen LogP contribution in [0.1, 0.15) is 5.82 Å². The number of ether oxygens (including phenoxy) is 1. The second kappa shape index (κ2) is 6.61. The summed E-state index contributed by atoms with van der Waals surface area (Å²) in [5.41, 5.74) is 1.14. The SMILES string of the molecule is COc1ccc(-c2nc(Cn3cnc4ccc(Cl)cc4c3=O)no2)cc1. The van der Waals surface area contributed by atoms with Crippen molar-refractivity contribution < 1.29 is 9.26 Å². The van der Waals surface area contributed by atoms with E-state index in [1.54, 1.807) is 37.4 Å². The molecule has 130 valence electrons. The summed E-state index contributed by atoms with van der Waals surface area (Å²) in [6.07, 6.45) is 1.46. The number of fused-ring (bicyclic) bond motifs is 1. The zero-order chi connectivity index (χ0) is 18.1. The van der Waals surface area contributed by atoms with Gasteiger partial charge in [-0.3, -0.25) is 9.36 Å². The fourth-order valence-corrected chi connectivity index (χ4v) is 2.74. The summed E-state index contributed by atoms with van der Waals surface area (Å²) in [4.78, 5) is 21.2. The van der Waals surface area contributed by atoms with Gasteiger partial charge in [0.15, 0.2) is 5.82 Å². The number of benzene rings is 2. The quantitative estimate of drug-likeness (QED) is 0.550. The van der Waals surface area contributed by atoms with Crippen molar-refractivity contribution in [2.45, 2.75) is 6.54 Å². The van der Waals surface area contributed by atoms with Crippen molar-refractivity contribution in [3.05, 3.63) is 70.0 Å². The molecule has 0 amide bonds. The molecule has 2 heterocycles. The Morgan fingerprint density at radius 2 is 2.00 bits per heavy atom. The first kappa shape index (κ1) is 16.3.